The lowest BCUT2D eigenvalue weighted by atomic mass is 10.0. The molecule has 1 N–H and O–H groups in total. The zero-order valence-electron chi connectivity index (χ0n) is 8.24. The minimum absolute atomic E-state index is 0.245. The van der Waals surface area contributed by atoms with Crippen molar-refractivity contribution in [2.75, 3.05) is 29.6 Å². The van der Waals surface area contributed by atoms with Gasteiger partial charge in [-0.1, -0.05) is 0 Å². The summed E-state index contributed by atoms with van der Waals surface area (Å²) in [7, 11) is -2.65. The summed E-state index contributed by atoms with van der Waals surface area (Å²) in [5, 5.41) is 3.36. The predicted molar refractivity (Wildman–Crippen MR) is 60.5 cm³/mol. The van der Waals surface area contributed by atoms with Crippen LogP contribution in [0.1, 0.15) is 12.8 Å². The first-order valence-corrected chi connectivity index (χ1v) is 8.15. The Kier molecular flexibility index (Phi) is 3.39. The van der Waals surface area contributed by atoms with E-state index in [9.17, 15) is 8.42 Å². The molecule has 0 aliphatic carbocycles. The molecule has 0 aromatic rings. The smallest absolute Gasteiger partial charge is 0.153 e. The summed E-state index contributed by atoms with van der Waals surface area (Å²) in [4.78, 5) is 0. The van der Waals surface area contributed by atoms with Crippen molar-refractivity contribution in [1.29, 1.82) is 0 Å². The summed E-state index contributed by atoms with van der Waals surface area (Å²) in [5.74, 6) is 4.03. The summed E-state index contributed by atoms with van der Waals surface area (Å²) < 4.78 is 21.8. The quantitative estimate of drug-likeness (QED) is 0.774. The molecule has 5 heteroatoms. The molecule has 3 nitrogen and oxygen atoms in total. The number of hydrogen-bond donors (Lipinski definition) is 1. The van der Waals surface area contributed by atoms with Crippen LogP contribution in [0.4, 0.5) is 0 Å². The van der Waals surface area contributed by atoms with E-state index < -0.39 is 9.84 Å². The van der Waals surface area contributed by atoms with Crippen molar-refractivity contribution in [3.8, 4) is 0 Å². The van der Waals surface area contributed by atoms with Crippen molar-refractivity contribution in [3.63, 3.8) is 0 Å². The van der Waals surface area contributed by atoms with Crippen molar-refractivity contribution < 1.29 is 8.42 Å². The van der Waals surface area contributed by atoms with Crippen molar-refractivity contribution >= 4 is 21.6 Å². The largest absolute Gasteiger partial charge is 0.312 e. The van der Waals surface area contributed by atoms with Gasteiger partial charge in [-0.05, 0) is 36.8 Å². The van der Waals surface area contributed by atoms with Gasteiger partial charge in [-0.2, -0.15) is 11.8 Å². The molecule has 0 aromatic carbocycles. The van der Waals surface area contributed by atoms with E-state index in [1.165, 1.54) is 24.3 Å². The van der Waals surface area contributed by atoms with Crippen LogP contribution >= 0.6 is 11.8 Å². The number of rotatable bonds is 3. The molecule has 0 spiro atoms. The third-order valence-electron chi connectivity index (χ3n) is 2.95. The molecule has 0 amide bonds. The van der Waals surface area contributed by atoms with Gasteiger partial charge in [0.05, 0.1) is 11.5 Å². The summed E-state index contributed by atoms with van der Waals surface area (Å²) in [5.41, 5.74) is 0. The Labute approximate surface area is 89.9 Å². The highest BCUT2D eigenvalue weighted by Gasteiger charge is 2.33. The lowest BCUT2D eigenvalue weighted by Gasteiger charge is -2.30. The molecule has 14 heavy (non-hydrogen) atoms. The third-order valence-corrected chi connectivity index (χ3v) is 5.82. The van der Waals surface area contributed by atoms with Gasteiger partial charge in [0, 0.05) is 6.04 Å². The maximum atomic E-state index is 10.9. The number of nitrogens with one attached hydrogen (secondary N) is 1. The SMILES string of the molecule is O=S1(=O)CC(NCC2CCSCC2)C1. The molecule has 82 valence electrons. The third kappa shape index (κ3) is 2.87. The highest BCUT2D eigenvalue weighted by molar-refractivity contribution is 7.99. The molecule has 2 aliphatic rings. The maximum Gasteiger partial charge on any atom is 0.153 e. The van der Waals surface area contributed by atoms with Crippen LogP contribution in [0.3, 0.4) is 0 Å². The van der Waals surface area contributed by atoms with Crippen LogP contribution in [0.5, 0.6) is 0 Å². The second-order valence-electron chi connectivity index (χ2n) is 4.24. The first kappa shape index (κ1) is 10.8. The Morgan fingerprint density at radius 2 is 1.86 bits per heavy atom. The minimum atomic E-state index is -2.65. The van der Waals surface area contributed by atoms with Crippen LogP contribution in [0.2, 0.25) is 0 Å². The zero-order chi connectivity index (χ0) is 10.0. The van der Waals surface area contributed by atoms with Crippen LogP contribution in [-0.4, -0.2) is 44.0 Å². The van der Waals surface area contributed by atoms with E-state index in [0.29, 0.717) is 11.5 Å². The molecule has 0 aromatic heterocycles. The van der Waals surface area contributed by atoms with Gasteiger partial charge in [0.2, 0.25) is 0 Å². The fourth-order valence-corrected chi connectivity index (χ4v) is 4.53. The van der Waals surface area contributed by atoms with Crippen LogP contribution in [0, 0.1) is 5.92 Å². The highest BCUT2D eigenvalue weighted by atomic mass is 32.2. The van der Waals surface area contributed by atoms with E-state index in [1.807, 2.05) is 11.8 Å². The van der Waals surface area contributed by atoms with E-state index >= 15 is 0 Å². The molecule has 0 bridgehead atoms. The van der Waals surface area contributed by atoms with Gasteiger partial charge in [0.15, 0.2) is 9.84 Å². The highest BCUT2D eigenvalue weighted by Crippen LogP contribution is 2.22. The Morgan fingerprint density at radius 3 is 2.43 bits per heavy atom. The standard InChI is InChI=1S/C9H17NO2S2/c11-14(12)6-9(7-14)10-5-8-1-3-13-4-2-8/h8-10H,1-7H2. The average molecular weight is 235 g/mol. The lowest BCUT2D eigenvalue weighted by molar-refractivity contribution is 0.415. The van der Waals surface area contributed by atoms with Crippen molar-refractivity contribution in [3.05, 3.63) is 0 Å². The summed E-state index contributed by atoms with van der Waals surface area (Å²) in [6.45, 7) is 1.01. The van der Waals surface area contributed by atoms with E-state index in [0.717, 1.165) is 12.5 Å². The summed E-state index contributed by atoms with van der Waals surface area (Å²) in [6.07, 6.45) is 2.58. The zero-order valence-corrected chi connectivity index (χ0v) is 9.87. The van der Waals surface area contributed by atoms with E-state index in [-0.39, 0.29) is 6.04 Å². The van der Waals surface area contributed by atoms with Crippen LogP contribution in [0.15, 0.2) is 0 Å². The molecule has 2 saturated heterocycles. The molecular weight excluding hydrogens is 218 g/mol. The molecule has 0 unspecified atom stereocenters. The monoisotopic (exact) mass is 235 g/mol. The van der Waals surface area contributed by atoms with Gasteiger partial charge in [0.25, 0.3) is 0 Å². The second kappa shape index (κ2) is 4.41. The van der Waals surface area contributed by atoms with Gasteiger partial charge in [-0.25, -0.2) is 8.42 Å². The van der Waals surface area contributed by atoms with Gasteiger partial charge >= 0.3 is 0 Å². The lowest BCUT2D eigenvalue weighted by Crippen LogP contribution is -2.52. The molecule has 2 heterocycles. The maximum absolute atomic E-state index is 10.9. The van der Waals surface area contributed by atoms with Crippen molar-refractivity contribution in [2.24, 2.45) is 5.92 Å². The van der Waals surface area contributed by atoms with E-state index in [1.54, 1.807) is 0 Å². The minimum Gasteiger partial charge on any atom is -0.312 e. The fraction of sp³-hybridized carbons (Fsp3) is 1.00. The first-order valence-electron chi connectivity index (χ1n) is 5.17. The molecule has 0 radical (unpaired) electrons. The van der Waals surface area contributed by atoms with Crippen molar-refractivity contribution in [2.45, 2.75) is 18.9 Å². The normalized spacial score (nSPS) is 28.6. The molecule has 0 atom stereocenters. The Morgan fingerprint density at radius 1 is 1.21 bits per heavy atom. The Balaban J connectivity index is 1.63. The first-order chi connectivity index (χ1) is 6.66. The van der Waals surface area contributed by atoms with Gasteiger partial charge < -0.3 is 5.32 Å². The molecular formula is C9H17NO2S2. The van der Waals surface area contributed by atoms with E-state index in [4.69, 9.17) is 0 Å². The van der Waals surface area contributed by atoms with E-state index in [2.05, 4.69) is 5.32 Å². The van der Waals surface area contributed by atoms with Crippen LogP contribution in [0.25, 0.3) is 0 Å². The van der Waals surface area contributed by atoms with Crippen LogP contribution < -0.4 is 5.32 Å². The van der Waals surface area contributed by atoms with Gasteiger partial charge in [-0.3, -0.25) is 0 Å². The molecule has 2 fully saturated rings. The summed E-state index contributed by atoms with van der Waals surface area (Å²) >= 11 is 2.03. The summed E-state index contributed by atoms with van der Waals surface area (Å²) in [6, 6.07) is 0.245. The van der Waals surface area contributed by atoms with Gasteiger partial charge in [0.1, 0.15) is 0 Å². The topological polar surface area (TPSA) is 46.2 Å². The molecule has 2 aliphatic heterocycles. The Bertz CT molecular complexity index is 271. The molecule has 0 saturated carbocycles. The van der Waals surface area contributed by atoms with Crippen molar-refractivity contribution in [1.82, 2.24) is 5.32 Å². The van der Waals surface area contributed by atoms with Crippen LogP contribution in [-0.2, 0) is 9.84 Å². The predicted octanol–water partition coefficient (Wildman–Crippen LogP) is 0.516. The fourth-order valence-electron chi connectivity index (χ4n) is 1.97. The molecule has 2 rings (SSSR count). The van der Waals surface area contributed by atoms with Gasteiger partial charge in [-0.15, -0.1) is 0 Å². The number of sulfone groups is 1. The average Bonchev–Trinajstić information content (AvgIpc) is 2.13. The Hall–Kier alpha value is 0.260. The number of hydrogen-bond acceptors (Lipinski definition) is 4. The second-order valence-corrected chi connectivity index (χ2v) is 7.62. The number of thioether (sulfide) groups is 1.